The van der Waals surface area contributed by atoms with Crippen molar-refractivity contribution in [1.29, 1.82) is 0 Å². The Bertz CT molecular complexity index is 600. The average Bonchev–Trinajstić information content (AvgIpc) is 2.81. The van der Waals surface area contributed by atoms with E-state index < -0.39 is 0 Å². The minimum atomic E-state index is -0.112. The van der Waals surface area contributed by atoms with Gasteiger partial charge in [0.15, 0.2) is 0 Å². The molecule has 0 radical (unpaired) electrons. The summed E-state index contributed by atoms with van der Waals surface area (Å²) in [6.45, 7) is 4.46. The normalized spacial score (nSPS) is 10.5. The standard InChI is InChI=1S/C15H22N4O2.ClH/c1-2-21-11-5-10-19-13-7-4-3-6-12(13)17-15(19)18-14(20)8-9-16;/h3-4,6-7H,2,5,8-11,16H2,1H3,(H,17,18,20);1H. The molecule has 0 fully saturated rings. The van der Waals surface area contributed by atoms with E-state index in [0.29, 0.717) is 32.1 Å². The molecular formula is C15H23ClN4O2. The molecular weight excluding hydrogens is 304 g/mol. The predicted molar refractivity (Wildman–Crippen MR) is 90.4 cm³/mol. The zero-order valence-electron chi connectivity index (χ0n) is 12.7. The Hall–Kier alpha value is -1.63. The number of halogens is 1. The fraction of sp³-hybridized carbons (Fsp3) is 0.467. The number of aromatic nitrogens is 2. The molecule has 0 spiro atoms. The molecule has 0 aliphatic carbocycles. The van der Waals surface area contributed by atoms with Crippen molar-refractivity contribution in [3.63, 3.8) is 0 Å². The van der Waals surface area contributed by atoms with Gasteiger partial charge in [0.05, 0.1) is 11.0 Å². The van der Waals surface area contributed by atoms with Gasteiger partial charge in [-0.05, 0) is 25.5 Å². The Kier molecular flexibility index (Phi) is 7.87. The number of anilines is 1. The smallest absolute Gasteiger partial charge is 0.227 e. The number of fused-ring (bicyclic) bond motifs is 1. The summed E-state index contributed by atoms with van der Waals surface area (Å²) in [5.41, 5.74) is 7.29. The highest BCUT2D eigenvalue weighted by atomic mass is 35.5. The second kappa shape index (κ2) is 9.40. The van der Waals surface area contributed by atoms with Crippen molar-refractivity contribution in [2.45, 2.75) is 26.3 Å². The lowest BCUT2D eigenvalue weighted by atomic mass is 10.3. The number of imidazole rings is 1. The van der Waals surface area contributed by atoms with Crippen LogP contribution in [0.3, 0.4) is 0 Å². The molecule has 6 nitrogen and oxygen atoms in total. The summed E-state index contributed by atoms with van der Waals surface area (Å²) in [5, 5.41) is 2.83. The van der Waals surface area contributed by atoms with Crippen LogP contribution in [0.1, 0.15) is 19.8 Å². The SMILES string of the molecule is CCOCCCn1c(NC(=O)CCN)nc2ccccc21.Cl. The topological polar surface area (TPSA) is 82.2 Å². The van der Waals surface area contributed by atoms with Gasteiger partial charge >= 0.3 is 0 Å². The van der Waals surface area contributed by atoms with E-state index in [9.17, 15) is 4.79 Å². The molecule has 0 aliphatic heterocycles. The summed E-state index contributed by atoms with van der Waals surface area (Å²) in [4.78, 5) is 16.2. The van der Waals surface area contributed by atoms with E-state index in [1.807, 2.05) is 35.8 Å². The number of nitrogens with zero attached hydrogens (tertiary/aromatic N) is 2. The number of rotatable bonds is 8. The van der Waals surface area contributed by atoms with Gasteiger partial charge in [0.25, 0.3) is 0 Å². The fourth-order valence-electron chi connectivity index (χ4n) is 2.18. The van der Waals surface area contributed by atoms with Crippen LogP contribution in [-0.4, -0.2) is 35.2 Å². The van der Waals surface area contributed by atoms with Crippen molar-refractivity contribution < 1.29 is 9.53 Å². The van der Waals surface area contributed by atoms with Crippen LogP contribution < -0.4 is 11.1 Å². The van der Waals surface area contributed by atoms with Gasteiger partial charge in [0.1, 0.15) is 0 Å². The van der Waals surface area contributed by atoms with Crippen LogP contribution in [0, 0.1) is 0 Å². The van der Waals surface area contributed by atoms with Gasteiger partial charge in [0, 0.05) is 32.7 Å². The molecule has 22 heavy (non-hydrogen) atoms. The quantitative estimate of drug-likeness (QED) is 0.728. The summed E-state index contributed by atoms with van der Waals surface area (Å²) >= 11 is 0. The van der Waals surface area contributed by atoms with Gasteiger partial charge in [-0.1, -0.05) is 12.1 Å². The third kappa shape index (κ3) is 4.69. The molecule has 0 unspecified atom stereocenters. The second-order valence-electron chi connectivity index (χ2n) is 4.71. The average molecular weight is 327 g/mol. The predicted octanol–water partition coefficient (Wildman–Crippen LogP) is 2.17. The van der Waals surface area contributed by atoms with E-state index in [1.54, 1.807) is 0 Å². The second-order valence-corrected chi connectivity index (χ2v) is 4.71. The number of benzene rings is 1. The highest BCUT2D eigenvalue weighted by molar-refractivity contribution is 5.91. The van der Waals surface area contributed by atoms with Crippen molar-refractivity contribution in [2.24, 2.45) is 5.73 Å². The van der Waals surface area contributed by atoms with E-state index in [4.69, 9.17) is 10.5 Å². The number of nitrogens with one attached hydrogen (secondary N) is 1. The molecule has 0 aliphatic rings. The van der Waals surface area contributed by atoms with Gasteiger partial charge in [-0.15, -0.1) is 12.4 Å². The molecule has 0 bridgehead atoms. The van der Waals surface area contributed by atoms with E-state index >= 15 is 0 Å². The van der Waals surface area contributed by atoms with Gasteiger partial charge in [0.2, 0.25) is 11.9 Å². The number of hydrogen-bond donors (Lipinski definition) is 2. The molecule has 0 saturated heterocycles. The third-order valence-corrected chi connectivity index (χ3v) is 3.15. The number of para-hydroxylation sites is 2. The summed E-state index contributed by atoms with van der Waals surface area (Å²) in [5.74, 6) is 0.463. The highest BCUT2D eigenvalue weighted by Crippen LogP contribution is 2.20. The number of nitrogens with two attached hydrogens (primary N) is 1. The lowest BCUT2D eigenvalue weighted by Gasteiger charge is -2.10. The molecule has 2 rings (SSSR count). The molecule has 122 valence electrons. The summed E-state index contributed by atoms with van der Waals surface area (Å²) in [6, 6.07) is 7.84. The Morgan fingerprint density at radius 2 is 2.18 bits per heavy atom. The minimum absolute atomic E-state index is 0. The Morgan fingerprint density at radius 1 is 1.41 bits per heavy atom. The molecule has 7 heteroatoms. The molecule has 1 amide bonds. The maximum Gasteiger partial charge on any atom is 0.227 e. The number of carbonyl (C=O) groups excluding carboxylic acids is 1. The minimum Gasteiger partial charge on any atom is -0.382 e. The number of amides is 1. The van der Waals surface area contributed by atoms with Crippen molar-refractivity contribution >= 4 is 35.3 Å². The van der Waals surface area contributed by atoms with Crippen LogP contribution in [0.5, 0.6) is 0 Å². The number of aryl methyl sites for hydroxylation is 1. The molecule has 1 heterocycles. The molecule has 0 saturated carbocycles. The first-order valence-electron chi connectivity index (χ1n) is 7.29. The van der Waals surface area contributed by atoms with Gasteiger partial charge in [-0.2, -0.15) is 0 Å². The first-order valence-corrected chi connectivity index (χ1v) is 7.29. The summed E-state index contributed by atoms with van der Waals surface area (Å²) in [7, 11) is 0. The Morgan fingerprint density at radius 3 is 2.91 bits per heavy atom. The van der Waals surface area contributed by atoms with Crippen molar-refractivity contribution in [3.8, 4) is 0 Å². The number of hydrogen-bond acceptors (Lipinski definition) is 4. The Labute approximate surface area is 136 Å². The van der Waals surface area contributed by atoms with E-state index in [-0.39, 0.29) is 18.3 Å². The summed E-state index contributed by atoms with van der Waals surface area (Å²) < 4.78 is 7.38. The first kappa shape index (κ1) is 18.4. The molecule has 0 atom stereocenters. The zero-order valence-corrected chi connectivity index (χ0v) is 13.6. The maximum atomic E-state index is 11.7. The summed E-state index contributed by atoms with van der Waals surface area (Å²) in [6.07, 6.45) is 1.16. The van der Waals surface area contributed by atoms with Gasteiger partial charge in [-0.3, -0.25) is 10.1 Å². The van der Waals surface area contributed by atoms with Crippen LogP contribution >= 0.6 is 12.4 Å². The lowest BCUT2D eigenvalue weighted by Crippen LogP contribution is -2.19. The van der Waals surface area contributed by atoms with Crippen molar-refractivity contribution in [3.05, 3.63) is 24.3 Å². The number of carbonyl (C=O) groups is 1. The Balaban J connectivity index is 0.00000242. The van der Waals surface area contributed by atoms with Crippen LogP contribution in [0.25, 0.3) is 11.0 Å². The largest absolute Gasteiger partial charge is 0.382 e. The van der Waals surface area contributed by atoms with E-state index in [0.717, 1.165) is 24.0 Å². The van der Waals surface area contributed by atoms with Gasteiger partial charge in [-0.25, -0.2) is 4.98 Å². The van der Waals surface area contributed by atoms with Crippen LogP contribution in [0.4, 0.5) is 5.95 Å². The van der Waals surface area contributed by atoms with Crippen LogP contribution in [-0.2, 0) is 16.1 Å². The number of ether oxygens (including phenoxy) is 1. The van der Waals surface area contributed by atoms with Crippen molar-refractivity contribution in [1.82, 2.24) is 9.55 Å². The monoisotopic (exact) mass is 326 g/mol. The first-order chi connectivity index (χ1) is 10.3. The van der Waals surface area contributed by atoms with E-state index in [1.165, 1.54) is 0 Å². The molecule has 1 aromatic carbocycles. The molecule has 3 N–H and O–H groups in total. The van der Waals surface area contributed by atoms with Gasteiger partial charge < -0.3 is 15.0 Å². The molecule has 1 aromatic heterocycles. The van der Waals surface area contributed by atoms with Crippen LogP contribution in [0.2, 0.25) is 0 Å². The maximum absolute atomic E-state index is 11.7. The van der Waals surface area contributed by atoms with Crippen molar-refractivity contribution in [2.75, 3.05) is 25.1 Å². The highest BCUT2D eigenvalue weighted by Gasteiger charge is 2.12. The third-order valence-electron chi connectivity index (χ3n) is 3.15. The fourth-order valence-corrected chi connectivity index (χ4v) is 2.18. The zero-order chi connectivity index (χ0) is 15.1. The lowest BCUT2D eigenvalue weighted by molar-refractivity contribution is -0.116. The van der Waals surface area contributed by atoms with Crippen LogP contribution in [0.15, 0.2) is 24.3 Å². The molecule has 2 aromatic rings. The van der Waals surface area contributed by atoms with E-state index in [2.05, 4.69) is 10.3 Å².